The second-order valence-electron chi connectivity index (χ2n) is 6.91. The molecule has 0 saturated heterocycles. The molecule has 0 aliphatic rings. The molecule has 0 aliphatic carbocycles. The van der Waals surface area contributed by atoms with Gasteiger partial charge in [-0.15, -0.1) is 0 Å². The molecule has 6 nitrogen and oxygen atoms in total. The van der Waals surface area contributed by atoms with Crippen molar-refractivity contribution < 1.29 is 9.59 Å². The number of carbonyl (C=O) groups excluding carboxylic acids is 2. The van der Waals surface area contributed by atoms with Crippen LogP contribution in [0, 0.1) is 4.77 Å². The first-order chi connectivity index (χ1) is 14.6. The van der Waals surface area contributed by atoms with E-state index in [1.54, 1.807) is 36.4 Å². The molecular formula is C23H20N4O2S. The van der Waals surface area contributed by atoms with Gasteiger partial charge in [-0.2, -0.15) is 0 Å². The smallest absolute Gasteiger partial charge is 0.251 e. The number of carbonyl (C=O) groups is 2. The van der Waals surface area contributed by atoms with Crippen LogP contribution in [0.3, 0.4) is 0 Å². The third-order valence-electron chi connectivity index (χ3n) is 4.72. The maximum absolute atomic E-state index is 13.1. The van der Waals surface area contributed by atoms with E-state index in [0.29, 0.717) is 22.4 Å². The molecule has 1 heterocycles. The highest BCUT2D eigenvalue weighted by Gasteiger charge is 2.22. The van der Waals surface area contributed by atoms with Gasteiger partial charge in [-0.25, -0.2) is 0 Å². The fourth-order valence-corrected chi connectivity index (χ4v) is 3.45. The number of H-pyrrole nitrogens is 2. The zero-order chi connectivity index (χ0) is 20.9. The molecule has 4 aromatic rings. The highest BCUT2D eigenvalue weighted by atomic mass is 32.1. The van der Waals surface area contributed by atoms with Crippen LogP contribution in [0.1, 0.15) is 15.9 Å². The van der Waals surface area contributed by atoms with Crippen molar-refractivity contribution in [2.75, 3.05) is 5.32 Å². The van der Waals surface area contributed by atoms with Crippen LogP contribution in [-0.2, 0) is 11.2 Å². The summed E-state index contributed by atoms with van der Waals surface area (Å²) >= 11 is 5.11. The molecule has 2 amide bonds. The van der Waals surface area contributed by atoms with Crippen molar-refractivity contribution >= 4 is 40.8 Å². The lowest BCUT2D eigenvalue weighted by Crippen LogP contribution is -2.45. The lowest BCUT2D eigenvalue weighted by molar-refractivity contribution is -0.118. The Balaban J connectivity index is 1.55. The molecule has 1 atom stereocenters. The van der Waals surface area contributed by atoms with Crippen molar-refractivity contribution in [1.82, 2.24) is 15.3 Å². The Morgan fingerprint density at radius 3 is 2.27 bits per heavy atom. The van der Waals surface area contributed by atoms with Gasteiger partial charge in [0, 0.05) is 17.7 Å². The molecule has 0 spiro atoms. The van der Waals surface area contributed by atoms with Crippen molar-refractivity contribution in [2.45, 2.75) is 12.5 Å². The summed E-state index contributed by atoms with van der Waals surface area (Å²) in [5.41, 5.74) is 3.73. The fraction of sp³-hybridized carbons (Fsp3) is 0.0870. The van der Waals surface area contributed by atoms with E-state index >= 15 is 0 Å². The molecular weight excluding hydrogens is 396 g/mol. The standard InChI is InChI=1S/C23H20N4O2S/c28-21(16-9-5-2-6-10-16)25-20(13-15-7-3-1-4-8-15)22(29)24-17-11-12-18-19(14-17)27-23(30)26-18/h1-12,14,20H,13H2,(H,24,29)(H,25,28)(H2,26,27,30). The lowest BCUT2D eigenvalue weighted by Gasteiger charge is -2.19. The highest BCUT2D eigenvalue weighted by molar-refractivity contribution is 7.71. The number of hydrogen-bond donors (Lipinski definition) is 4. The number of aromatic nitrogens is 2. The van der Waals surface area contributed by atoms with E-state index in [1.807, 2.05) is 42.5 Å². The maximum Gasteiger partial charge on any atom is 0.251 e. The van der Waals surface area contributed by atoms with Crippen LogP contribution < -0.4 is 10.6 Å². The van der Waals surface area contributed by atoms with Gasteiger partial charge < -0.3 is 20.6 Å². The van der Waals surface area contributed by atoms with Crippen molar-refractivity contribution in [3.05, 3.63) is 94.8 Å². The second-order valence-corrected chi connectivity index (χ2v) is 7.32. The zero-order valence-electron chi connectivity index (χ0n) is 16.0. The van der Waals surface area contributed by atoms with Gasteiger partial charge in [0.1, 0.15) is 6.04 Å². The largest absolute Gasteiger partial charge is 0.340 e. The van der Waals surface area contributed by atoms with Crippen LogP contribution in [0.15, 0.2) is 78.9 Å². The molecule has 30 heavy (non-hydrogen) atoms. The summed E-state index contributed by atoms with van der Waals surface area (Å²) in [6.07, 6.45) is 0.375. The summed E-state index contributed by atoms with van der Waals surface area (Å²) in [7, 11) is 0. The van der Waals surface area contributed by atoms with E-state index in [9.17, 15) is 9.59 Å². The molecule has 0 bridgehead atoms. The minimum Gasteiger partial charge on any atom is -0.340 e. The summed E-state index contributed by atoms with van der Waals surface area (Å²) < 4.78 is 0.519. The van der Waals surface area contributed by atoms with Gasteiger partial charge in [0.2, 0.25) is 5.91 Å². The first kappa shape index (κ1) is 19.6. The van der Waals surface area contributed by atoms with Gasteiger partial charge in [0.05, 0.1) is 11.0 Å². The molecule has 0 saturated carbocycles. The van der Waals surface area contributed by atoms with E-state index in [4.69, 9.17) is 12.2 Å². The number of aromatic amines is 2. The number of fused-ring (bicyclic) bond motifs is 1. The van der Waals surface area contributed by atoms with E-state index < -0.39 is 6.04 Å². The van der Waals surface area contributed by atoms with E-state index in [-0.39, 0.29) is 11.8 Å². The van der Waals surface area contributed by atoms with Crippen molar-refractivity contribution in [2.24, 2.45) is 0 Å². The lowest BCUT2D eigenvalue weighted by atomic mass is 10.0. The molecule has 150 valence electrons. The van der Waals surface area contributed by atoms with Crippen LogP contribution in [0.4, 0.5) is 5.69 Å². The van der Waals surface area contributed by atoms with E-state index in [1.165, 1.54) is 0 Å². The fourth-order valence-electron chi connectivity index (χ4n) is 3.23. The molecule has 3 aromatic carbocycles. The first-order valence-electron chi connectivity index (χ1n) is 9.51. The summed E-state index contributed by atoms with van der Waals surface area (Å²) in [6, 6.07) is 23.1. The third-order valence-corrected chi connectivity index (χ3v) is 4.93. The minimum atomic E-state index is -0.736. The van der Waals surface area contributed by atoms with E-state index in [2.05, 4.69) is 20.6 Å². The van der Waals surface area contributed by atoms with Gasteiger partial charge >= 0.3 is 0 Å². The average Bonchev–Trinajstić information content (AvgIpc) is 3.14. The SMILES string of the molecule is O=C(NC(Cc1ccccc1)C(=O)Nc1ccc2[nH]c(=S)[nH]c2c1)c1ccccc1. The van der Waals surface area contributed by atoms with Gasteiger partial charge in [-0.1, -0.05) is 48.5 Å². The number of imidazole rings is 1. The molecule has 1 unspecified atom stereocenters. The summed E-state index contributed by atoms with van der Waals surface area (Å²) in [4.78, 5) is 31.8. The second kappa shape index (κ2) is 8.75. The topological polar surface area (TPSA) is 89.8 Å². The summed E-state index contributed by atoms with van der Waals surface area (Å²) in [5, 5.41) is 5.76. The summed E-state index contributed by atoms with van der Waals surface area (Å²) in [5.74, 6) is -0.589. The highest BCUT2D eigenvalue weighted by Crippen LogP contribution is 2.17. The minimum absolute atomic E-state index is 0.295. The Bertz CT molecular complexity index is 1230. The monoisotopic (exact) mass is 416 g/mol. The van der Waals surface area contributed by atoms with Crippen LogP contribution in [0.25, 0.3) is 11.0 Å². The predicted octanol–water partition coefficient (Wildman–Crippen LogP) is 4.21. The van der Waals surface area contributed by atoms with Gasteiger partial charge in [-0.05, 0) is 48.1 Å². The molecule has 0 radical (unpaired) electrons. The quantitative estimate of drug-likeness (QED) is 0.355. The van der Waals surface area contributed by atoms with Crippen molar-refractivity contribution in [1.29, 1.82) is 0 Å². The normalized spacial score (nSPS) is 11.7. The Hall–Kier alpha value is -3.71. The maximum atomic E-state index is 13.1. The number of rotatable bonds is 6. The molecule has 1 aromatic heterocycles. The van der Waals surface area contributed by atoms with Gasteiger partial charge in [0.15, 0.2) is 4.77 Å². The van der Waals surface area contributed by atoms with Crippen LogP contribution in [0.5, 0.6) is 0 Å². The average molecular weight is 417 g/mol. The Morgan fingerprint density at radius 2 is 1.53 bits per heavy atom. The number of hydrogen-bond acceptors (Lipinski definition) is 3. The first-order valence-corrected chi connectivity index (χ1v) is 9.92. The Labute approximate surface area is 178 Å². The van der Waals surface area contributed by atoms with Gasteiger partial charge in [0.25, 0.3) is 5.91 Å². The molecule has 4 rings (SSSR count). The summed E-state index contributed by atoms with van der Waals surface area (Å²) in [6.45, 7) is 0. The Kier molecular flexibility index (Phi) is 5.72. The van der Waals surface area contributed by atoms with Crippen molar-refractivity contribution in [3.63, 3.8) is 0 Å². The number of nitrogens with one attached hydrogen (secondary N) is 4. The Morgan fingerprint density at radius 1 is 0.867 bits per heavy atom. The molecule has 7 heteroatoms. The van der Waals surface area contributed by atoms with Crippen LogP contribution in [0.2, 0.25) is 0 Å². The molecule has 4 N–H and O–H groups in total. The molecule has 0 aliphatic heterocycles. The van der Waals surface area contributed by atoms with Crippen LogP contribution >= 0.6 is 12.2 Å². The number of anilines is 1. The predicted molar refractivity (Wildman–Crippen MR) is 120 cm³/mol. The number of benzene rings is 3. The zero-order valence-corrected chi connectivity index (χ0v) is 16.8. The van der Waals surface area contributed by atoms with Crippen LogP contribution in [-0.4, -0.2) is 27.8 Å². The van der Waals surface area contributed by atoms with E-state index in [0.717, 1.165) is 16.6 Å². The van der Waals surface area contributed by atoms with Gasteiger partial charge in [-0.3, -0.25) is 9.59 Å². The third kappa shape index (κ3) is 4.64. The number of amides is 2. The molecule has 0 fully saturated rings. The van der Waals surface area contributed by atoms with Crippen molar-refractivity contribution in [3.8, 4) is 0 Å².